The van der Waals surface area contributed by atoms with Crippen LogP contribution in [0.25, 0.3) is 10.2 Å². The Kier molecular flexibility index (Phi) is 3.44. The molecule has 1 aliphatic rings. The number of nitrogens with zero attached hydrogens (tertiary/aromatic N) is 2. The Bertz CT molecular complexity index is 669. The van der Waals surface area contributed by atoms with Crippen LogP contribution in [0.5, 0.6) is 0 Å². The molecule has 0 atom stereocenters. The van der Waals surface area contributed by atoms with Gasteiger partial charge < -0.3 is 0 Å². The first kappa shape index (κ1) is 12.9. The molecule has 0 aromatic carbocycles. The van der Waals surface area contributed by atoms with E-state index >= 15 is 0 Å². The Hall–Kier alpha value is -1.16. The Morgan fingerprint density at radius 2 is 2.11 bits per heavy atom. The molecule has 0 N–H and O–H groups in total. The van der Waals surface area contributed by atoms with Crippen molar-refractivity contribution in [1.82, 2.24) is 9.55 Å². The van der Waals surface area contributed by atoms with Crippen LogP contribution in [-0.2, 0) is 26.3 Å². The SMILES string of the molecule is CCCCc1nc2sc3c(c2c(=O)n1C)CCCC3. The highest BCUT2D eigenvalue weighted by atomic mass is 32.1. The molecule has 19 heavy (non-hydrogen) atoms. The standard InChI is InChI=1S/C15H20N2OS/c1-3-4-9-12-16-14-13(15(18)17(12)2)10-7-5-6-8-11(10)19-14/h3-9H2,1-2H3. The minimum Gasteiger partial charge on any atom is -0.299 e. The summed E-state index contributed by atoms with van der Waals surface area (Å²) in [6.45, 7) is 2.17. The Morgan fingerprint density at radius 3 is 2.89 bits per heavy atom. The zero-order valence-corrected chi connectivity index (χ0v) is 12.5. The van der Waals surface area contributed by atoms with Crippen molar-refractivity contribution < 1.29 is 0 Å². The van der Waals surface area contributed by atoms with Gasteiger partial charge >= 0.3 is 0 Å². The first-order valence-corrected chi connectivity index (χ1v) is 8.04. The highest BCUT2D eigenvalue weighted by Crippen LogP contribution is 2.33. The monoisotopic (exact) mass is 276 g/mol. The topological polar surface area (TPSA) is 34.9 Å². The number of hydrogen-bond donors (Lipinski definition) is 0. The van der Waals surface area contributed by atoms with Gasteiger partial charge in [-0.15, -0.1) is 11.3 Å². The number of hydrogen-bond acceptors (Lipinski definition) is 3. The van der Waals surface area contributed by atoms with Crippen LogP contribution < -0.4 is 5.56 Å². The number of fused-ring (bicyclic) bond motifs is 3. The minimum absolute atomic E-state index is 0.163. The van der Waals surface area contributed by atoms with Gasteiger partial charge in [-0.3, -0.25) is 9.36 Å². The molecule has 2 aromatic heterocycles. The largest absolute Gasteiger partial charge is 0.299 e. The highest BCUT2D eigenvalue weighted by Gasteiger charge is 2.20. The van der Waals surface area contributed by atoms with Crippen molar-refractivity contribution in [3.63, 3.8) is 0 Å². The third kappa shape index (κ3) is 2.12. The number of aromatic nitrogens is 2. The maximum Gasteiger partial charge on any atom is 0.262 e. The second-order valence-corrected chi connectivity index (χ2v) is 6.47. The van der Waals surface area contributed by atoms with Crippen molar-refractivity contribution in [1.29, 1.82) is 0 Å². The van der Waals surface area contributed by atoms with Gasteiger partial charge in [0.05, 0.1) is 5.39 Å². The number of thiophene rings is 1. The molecule has 0 spiro atoms. The summed E-state index contributed by atoms with van der Waals surface area (Å²) in [6, 6.07) is 0. The van der Waals surface area contributed by atoms with Gasteiger partial charge in [-0.05, 0) is 37.7 Å². The van der Waals surface area contributed by atoms with Crippen molar-refractivity contribution in [3.8, 4) is 0 Å². The third-order valence-corrected chi connectivity index (χ3v) is 5.23. The number of aryl methyl sites for hydroxylation is 3. The van der Waals surface area contributed by atoms with E-state index in [0.29, 0.717) is 0 Å². The van der Waals surface area contributed by atoms with Crippen molar-refractivity contribution in [3.05, 3.63) is 26.6 Å². The molecule has 3 nitrogen and oxygen atoms in total. The average molecular weight is 276 g/mol. The van der Waals surface area contributed by atoms with Gasteiger partial charge in [0.25, 0.3) is 5.56 Å². The molecule has 2 aromatic rings. The van der Waals surface area contributed by atoms with Gasteiger partial charge in [-0.1, -0.05) is 13.3 Å². The second kappa shape index (κ2) is 5.08. The van der Waals surface area contributed by atoms with E-state index in [-0.39, 0.29) is 5.56 Å². The van der Waals surface area contributed by atoms with Gasteiger partial charge in [0.15, 0.2) is 0 Å². The zero-order valence-electron chi connectivity index (χ0n) is 11.7. The van der Waals surface area contributed by atoms with E-state index in [1.165, 1.54) is 23.3 Å². The molecule has 4 heteroatoms. The lowest BCUT2D eigenvalue weighted by molar-refractivity contribution is 0.681. The van der Waals surface area contributed by atoms with Crippen LogP contribution in [0.3, 0.4) is 0 Å². The van der Waals surface area contributed by atoms with E-state index in [0.717, 1.165) is 48.1 Å². The van der Waals surface area contributed by atoms with E-state index in [2.05, 4.69) is 6.92 Å². The van der Waals surface area contributed by atoms with Crippen molar-refractivity contribution in [2.24, 2.45) is 7.05 Å². The molecule has 0 saturated heterocycles. The fourth-order valence-corrected chi connectivity index (χ4v) is 4.16. The van der Waals surface area contributed by atoms with Gasteiger partial charge in [-0.2, -0.15) is 0 Å². The predicted molar refractivity (Wildman–Crippen MR) is 80.1 cm³/mol. The smallest absolute Gasteiger partial charge is 0.262 e. The molecule has 0 fully saturated rings. The zero-order chi connectivity index (χ0) is 13.4. The molecule has 1 aliphatic carbocycles. The molecule has 3 rings (SSSR count). The maximum atomic E-state index is 12.6. The Morgan fingerprint density at radius 1 is 1.32 bits per heavy atom. The fraction of sp³-hybridized carbons (Fsp3) is 0.600. The van der Waals surface area contributed by atoms with Crippen LogP contribution in [0, 0.1) is 0 Å². The molecule has 0 radical (unpaired) electrons. The summed E-state index contributed by atoms with van der Waals surface area (Å²) in [7, 11) is 1.87. The predicted octanol–water partition coefficient (Wildman–Crippen LogP) is 3.22. The van der Waals surface area contributed by atoms with Crippen LogP contribution in [-0.4, -0.2) is 9.55 Å². The number of rotatable bonds is 3. The highest BCUT2D eigenvalue weighted by molar-refractivity contribution is 7.18. The summed E-state index contributed by atoms with van der Waals surface area (Å²) in [6.07, 6.45) is 7.78. The molecule has 0 bridgehead atoms. The maximum absolute atomic E-state index is 12.6. The summed E-state index contributed by atoms with van der Waals surface area (Å²) in [5, 5.41) is 0.905. The van der Waals surface area contributed by atoms with E-state index in [4.69, 9.17) is 4.98 Å². The average Bonchev–Trinajstić information content (AvgIpc) is 2.79. The Balaban J connectivity index is 2.19. The van der Waals surface area contributed by atoms with E-state index in [9.17, 15) is 4.79 Å². The molecular weight excluding hydrogens is 256 g/mol. The summed E-state index contributed by atoms with van der Waals surface area (Å²) < 4.78 is 1.76. The molecule has 2 heterocycles. The molecule has 102 valence electrons. The second-order valence-electron chi connectivity index (χ2n) is 5.39. The van der Waals surface area contributed by atoms with Gasteiger partial charge in [-0.25, -0.2) is 4.98 Å². The van der Waals surface area contributed by atoms with Gasteiger partial charge in [0.2, 0.25) is 0 Å². The van der Waals surface area contributed by atoms with E-state index in [1.54, 1.807) is 15.9 Å². The van der Waals surface area contributed by atoms with Crippen LogP contribution >= 0.6 is 11.3 Å². The third-order valence-electron chi connectivity index (χ3n) is 4.04. The van der Waals surface area contributed by atoms with E-state index < -0.39 is 0 Å². The number of unbranched alkanes of at least 4 members (excludes halogenated alkanes) is 1. The van der Waals surface area contributed by atoms with Crippen LogP contribution in [0.1, 0.15) is 48.9 Å². The molecule has 0 saturated carbocycles. The Labute approximate surface area is 117 Å². The van der Waals surface area contributed by atoms with Crippen molar-refractivity contribution in [2.45, 2.75) is 51.9 Å². The first-order chi connectivity index (χ1) is 9.22. The van der Waals surface area contributed by atoms with E-state index in [1.807, 2.05) is 7.05 Å². The lowest BCUT2D eigenvalue weighted by Gasteiger charge is -2.10. The van der Waals surface area contributed by atoms with Gasteiger partial charge in [0, 0.05) is 18.3 Å². The summed E-state index contributed by atoms with van der Waals surface area (Å²) in [4.78, 5) is 19.7. The molecule has 0 aliphatic heterocycles. The molecular formula is C15H20N2OS. The van der Waals surface area contributed by atoms with Crippen molar-refractivity contribution >= 4 is 21.6 Å². The lowest BCUT2D eigenvalue weighted by atomic mass is 9.97. The fourth-order valence-electron chi connectivity index (χ4n) is 2.89. The van der Waals surface area contributed by atoms with Gasteiger partial charge in [0.1, 0.15) is 10.7 Å². The lowest BCUT2D eigenvalue weighted by Crippen LogP contribution is -2.22. The van der Waals surface area contributed by atoms with Crippen LogP contribution in [0.4, 0.5) is 0 Å². The van der Waals surface area contributed by atoms with Crippen LogP contribution in [0.15, 0.2) is 4.79 Å². The summed E-state index contributed by atoms with van der Waals surface area (Å²) in [5.41, 5.74) is 1.46. The first-order valence-electron chi connectivity index (χ1n) is 7.22. The quantitative estimate of drug-likeness (QED) is 0.862. The normalized spacial score (nSPS) is 14.8. The summed E-state index contributed by atoms with van der Waals surface area (Å²) in [5.74, 6) is 0.943. The summed E-state index contributed by atoms with van der Waals surface area (Å²) >= 11 is 1.75. The molecule has 0 amide bonds. The van der Waals surface area contributed by atoms with Crippen molar-refractivity contribution in [2.75, 3.05) is 0 Å². The minimum atomic E-state index is 0.163. The molecule has 0 unspecified atom stereocenters. The van der Waals surface area contributed by atoms with Crippen LogP contribution in [0.2, 0.25) is 0 Å².